The molecule has 0 aliphatic rings. The number of anilines is 1. The Morgan fingerprint density at radius 2 is 2.24 bits per heavy atom. The molecule has 0 unspecified atom stereocenters. The second-order valence-corrected chi connectivity index (χ2v) is 4.81. The van der Waals surface area contributed by atoms with Crippen LogP contribution >= 0.6 is 11.6 Å². The van der Waals surface area contributed by atoms with Gasteiger partial charge in [-0.2, -0.15) is 0 Å². The van der Waals surface area contributed by atoms with Gasteiger partial charge in [0, 0.05) is 17.0 Å². The minimum absolute atomic E-state index is 0.0799. The van der Waals surface area contributed by atoms with E-state index in [1.807, 2.05) is 0 Å². The molecule has 5 nitrogen and oxygen atoms in total. The van der Waals surface area contributed by atoms with Crippen LogP contribution in [0.1, 0.15) is 17.3 Å². The summed E-state index contributed by atoms with van der Waals surface area (Å²) in [5, 5.41) is 1.000. The Bertz CT molecular complexity index is 781. The Morgan fingerprint density at radius 1 is 1.52 bits per heavy atom. The van der Waals surface area contributed by atoms with Gasteiger partial charge in [-0.3, -0.25) is 4.79 Å². The summed E-state index contributed by atoms with van der Waals surface area (Å²) in [4.78, 5) is 24.5. The molecule has 0 atom stereocenters. The highest BCUT2D eigenvalue weighted by Gasteiger charge is 2.21. The van der Waals surface area contributed by atoms with Crippen LogP contribution in [0, 0.1) is 0 Å². The fraction of sp³-hybridized carbons (Fsp3) is 0.200. The van der Waals surface area contributed by atoms with E-state index in [0.717, 1.165) is 0 Å². The fourth-order valence-corrected chi connectivity index (χ4v) is 2.34. The van der Waals surface area contributed by atoms with Gasteiger partial charge in [-0.1, -0.05) is 17.7 Å². The number of hydrogen-bond acceptors (Lipinski definition) is 4. The highest BCUT2D eigenvalue weighted by molar-refractivity contribution is 6.31. The molecule has 2 aromatic rings. The first-order valence-corrected chi connectivity index (χ1v) is 6.78. The van der Waals surface area contributed by atoms with E-state index in [0.29, 0.717) is 15.9 Å². The first kappa shape index (κ1) is 15.1. The molecule has 1 aromatic carbocycles. The van der Waals surface area contributed by atoms with Crippen molar-refractivity contribution in [3.63, 3.8) is 0 Å². The van der Waals surface area contributed by atoms with Crippen LogP contribution in [0.3, 0.4) is 0 Å². The van der Waals surface area contributed by atoms with Crippen molar-refractivity contribution >= 4 is 34.2 Å². The van der Waals surface area contributed by atoms with Crippen LogP contribution < -0.4 is 11.3 Å². The molecule has 2 rings (SSSR count). The van der Waals surface area contributed by atoms with Crippen LogP contribution in [0.15, 0.2) is 35.6 Å². The van der Waals surface area contributed by atoms with E-state index in [2.05, 4.69) is 6.58 Å². The zero-order chi connectivity index (χ0) is 15.6. The zero-order valence-corrected chi connectivity index (χ0v) is 12.3. The monoisotopic (exact) mass is 306 g/mol. The van der Waals surface area contributed by atoms with E-state index in [9.17, 15) is 9.59 Å². The number of nitrogens with zero attached hydrogens (tertiary/aromatic N) is 1. The Balaban J connectivity index is 2.89. The van der Waals surface area contributed by atoms with Crippen LogP contribution in [-0.4, -0.2) is 17.1 Å². The number of nitrogens with two attached hydrogens (primary N) is 1. The number of carbonyl (C=O) groups is 1. The number of allylic oxidation sites excluding steroid dienone is 1. The largest absolute Gasteiger partial charge is 0.462 e. The van der Waals surface area contributed by atoms with Crippen molar-refractivity contribution in [2.24, 2.45) is 0 Å². The summed E-state index contributed by atoms with van der Waals surface area (Å²) in [5.41, 5.74) is 5.99. The van der Waals surface area contributed by atoms with Gasteiger partial charge in [0.2, 0.25) is 0 Å². The quantitative estimate of drug-likeness (QED) is 0.696. The Morgan fingerprint density at radius 3 is 2.86 bits per heavy atom. The van der Waals surface area contributed by atoms with Gasteiger partial charge in [0.05, 0.1) is 17.8 Å². The van der Waals surface area contributed by atoms with Crippen molar-refractivity contribution in [1.82, 2.24) is 4.57 Å². The highest BCUT2D eigenvalue weighted by atomic mass is 35.5. The van der Waals surface area contributed by atoms with Gasteiger partial charge in [-0.05, 0) is 25.1 Å². The third-order valence-corrected chi connectivity index (χ3v) is 3.29. The molecule has 1 heterocycles. The molecular formula is C15H15ClN2O3. The van der Waals surface area contributed by atoms with Gasteiger partial charge in [0.15, 0.2) is 0 Å². The van der Waals surface area contributed by atoms with Crippen LogP contribution in [0.5, 0.6) is 0 Å². The molecule has 0 saturated carbocycles. The molecule has 0 spiro atoms. The van der Waals surface area contributed by atoms with E-state index < -0.39 is 11.5 Å². The van der Waals surface area contributed by atoms with Gasteiger partial charge in [0.25, 0.3) is 5.56 Å². The Labute approximate surface area is 126 Å². The molecule has 0 bridgehead atoms. The maximum absolute atomic E-state index is 12.5. The fourth-order valence-electron chi connectivity index (χ4n) is 2.16. The lowest BCUT2D eigenvalue weighted by molar-refractivity contribution is 0.0525. The second kappa shape index (κ2) is 6.01. The van der Waals surface area contributed by atoms with E-state index in [1.54, 1.807) is 31.2 Å². The molecule has 1 aromatic heterocycles. The number of halogens is 1. The third kappa shape index (κ3) is 2.64. The van der Waals surface area contributed by atoms with Gasteiger partial charge in [-0.25, -0.2) is 4.79 Å². The van der Waals surface area contributed by atoms with Crippen molar-refractivity contribution in [1.29, 1.82) is 0 Å². The van der Waals surface area contributed by atoms with Gasteiger partial charge in [-0.15, -0.1) is 6.58 Å². The van der Waals surface area contributed by atoms with Crippen LogP contribution in [0.25, 0.3) is 10.9 Å². The molecule has 0 aliphatic carbocycles. The topological polar surface area (TPSA) is 74.3 Å². The SMILES string of the molecule is C=CCn1c(=O)c(C(=O)OCC)c(N)c2cc(Cl)ccc21. The number of hydrogen-bond donors (Lipinski definition) is 1. The number of pyridine rings is 1. The molecule has 110 valence electrons. The first-order valence-electron chi connectivity index (χ1n) is 6.40. The van der Waals surface area contributed by atoms with Crippen molar-refractivity contribution in [2.75, 3.05) is 12.3 Å². The lowest BCUT2D eigenvalue weighted by Crippen LogP contribution is -2.29. The number of nitrogen functional groups attached to an aromatic ring is 1. The van der Waals surface area contributed by atoms with E-state index >= 15 is 0 Å². The Kier molecular flexibility index (Phi) is 4.33. The van der Waals surface area contributed by atoms with Crippen LogP contribution in [-0.2, 0) is 11.3 Å². The molecule has 0 aliphatic heterocycles. The standard InChI is InChI=1S/C15H15ClN2O3/c1-3-7-18-11-6-5-9(16)8-10(11)13(17)12(14(18)19)15(20)21-4-2/h3,5-6,8H,1,4,7,17H2,2H3. The van der Waals surface area contributed by atoms with Gasteiger partial charge < -0.3 is 15.0 Å². The van der Waals surface area contributed by atoms with E-state index in [4.69, 9.17) is 22.1 Å². The summed E-state index contributed by atoms with van der Waals surface area (Å²) in [6.07, 6.45) is 1.57. The maximum Gasteiger partial charge on any atom is 0.345 e. The van der Waals surface area contributed by atoms with E-state index in [1.165, 1.54) is 4.57 Å². The minimum atomic E-state index is -0.736. The summed E-state index contributed by atoms with van der Waals surface area (Å²) < 4.78 is 6.33. The number of aromatic nitrogens is 1. The molecule has 0 radical (unpaired) electrons. The van der Waals surface area contributed by atoms with Crippen molar-refractivity contribution in [2.45, 2.75) is 13.5 Å². The number of ether oxygens (including phenoxy) is 1. The molecule has 0 amide bonds. The van der Waals surface area contributed by atoms with Crippen LogP contribution in [0.4, 0.5) is 5.69 Å². The predicted molar refractivity (Wildman–Crippen MR) is 83.8 cm³/mol. The van der Waals surface area contributed by atoms with Gasteiger partial charge in [0.1, 0.15) is 5.56 Å². The molecule has 2 N–H and O–H groups in total. The van der Waals surface area contributed by atoms with Crippen LogP contribution in [0.2, 0.25) is 5.02 Å². The smallest absolute Gasteiger partial charge is 0.345 e. The average molecular weight is 307 g/mol. The summed E-state index contributed by atoms with van der Waals surface area (Å²) in [7, 11) is 0. The summed E-state index contributed by atoms with van der Waals surface area (Å²) >= 11 is 5.97. The first-order chi connectivity index (χ1) is 10.0. The number of fused-ring (bicyclic) bond motifs is 1. The summed E-state index contributed by atoms with van der Waals surface area (Å²) in [6.45, 7) is 5.70. The molecule has 6 heteroatoms. The summed E-state index contributed by atoms with van der Waals surface area (Å²) in [6, 6.07) is 4.97. The lowest BCUT2D eigenvalue weighted by atomic mass is 10.1. The highest BCUT2D eigenvalue weighted by Crippen LogP contribution is 2.26. The van der Waals surface area contributed by atoms with Crippen molar-refractivity contribution < 1.29 is 9.53 Å². The van der Waals surface area contributed by atoms with E-state index in [-0.39, 0.29) is 24.4 Å². The number of esters is 1. The lowest BCUT2D eigenvalue weighted by Gasteiger charge is -2.14. The third-order valence-electron chi connectivity index (χ3n) is 3.06. The molecule has 0 fully saturated rings. The molecular weight excluding hydrogens is 292 g/mol. The normalized spacial score (nSPS) is 10.6. The minimum Gasteiger partial charge on any atom is -0.462 e. The molecule has 0 saturated heterocycles. The van der Waals surface area contributed by atoms with Crippen molar-refractivity contribution in [3.05, 3.63) is 51.8 Å². The summed E-state index contributed by atoms with van der Waals surface area (Å²) in [5.74, 6) is -0.736. The molecule has 21 heavy (non-hydrogen) atoms. The van der Waals surface area contributed by atoms with Crippen molar-refractivity contribution in [3.8, 4) is 0 Å². The average Bonchev–Trinajstić information content (AvgIpc) is 2.44. The Hall–Kier alpha value is -2.27. The number of carbonyl (C=O) groups excluding carboxylic acids is 1. The maximum atomic E-state index is 12.5. The van der Waals surface area contributed by atoms with Gasteiger partial charge >= 0.3 is 5.97 Å². The number of benzene rings is 1. The predicted octanol–water partition coefficient (Wildman–Crippen LogP) is 2.60. The number of rotatable bonds is 4. The second-order valence-electron chi connectivity index (χ2n) is 4.38. The zero-order valence-electron chi connectivity index (χ0n) is 11.6.